The first kappa shape index (κ1) is 30.1. The van der Waals surface area contributed by atoms with Crippen LogP contribution < -0.4 is 10.6 Å². The van der Waals surface area contributed by atoms with Crippen molar-refractivity contribution in [2.24, 2.45) is 0 Å². The molecule has 2 amide bonds. The molecule has 0 saturated carbocycles. The predicted octanol–water partition coefficient (Wildman–Crippen LogP) is 8.03. The highest BCUT2D eigenvalue weighted by Gasteiger charge is 2.63. The Bertz CT molecular complexity index is 1890. The van der Waals surface area contributed by atoms with Gasteiger partial charge in [-0.3, -0.25) is 15.1 Å². The number of nitrogens with zero attached hydrogens (tertiary/aromatic N) is 2. The van der Waals surface area contributed by atoms with E-state index < -0.39 is 28.0 Å². The number of ether oxygens (including phenoxy) is 1. The van der Waals surface area contributed by atoms with Crippen LogP contribution in [0.5, 0.6) is 0 Å². The molecule has 0 fully saturated rings. The summed E-state index contributed by atoms with van der Waals surface area (Å²) < 4.78 is 5.70. The third-order valence-electron chi connectivity index (χ3n) is 8.67. The number of hydrogen-bond donors (Lipinski definition) is 2. The highest BCUT2D eigenvalue weighted by Crippen LogP contribution is 2.62. The number of thiazole rings is 1. The summed E-state index contributed by atoms with van der Waals surface area (Å²) in [6, 6.07) is 28.1. The number of pyridine rings is 1. The Balaban J connectivity index is 1.20. The van der Waals surface area contributed by atoms with Crippen molar-refractivity contribution in [3.05, 3.63) is 136 Å². The Morgan fingerprint density at radius 1 is 0.913 bits per heavy atom. The van der Waals surface area contributed by atoms with E-state index in [1.807, 2.05) is 66.0 Å². The monoisotopic (exact) mass is 648 g/mol. The molecule has 3 aromatic carbocycles. The second kappa shape index (κ2) is 11.4. The van der Waals surface area contributed by atoms with Gasteiger partial charge in [-0.25, -0.2) is 9.78 Å². The minimum atomic E-state index is -1.44. The molecule has 46 heavy (non-hydrogen) atoms. The summed E-state index contributed by atoms with van der Waals surface area (Å²) in [6.07, 6.45) is 3.64. The van der Waals surface area contributed by atoms with Crippen LogP contribution in [0.2, 0.25) is 0 Å². The Kier molecular flexibility index (Phi) is 7.45. The molecule has 2 N–H and O–H groups in total. The lowest BCUT2D eigenvalue weighted by Crippen LogP contribution is -2.67. The molecule has 1 unspecified atom stereocenters. The van der Waals surface area contributed by atoms with Crippen molar-refractivity contribution in [1.29, 1.82) is 0 Å². The minimum absolute atomic E-state index is 0.146. The van der Waals surface area contributed by atoms with Crippen LogP contribution in [0, 0.1) is 0 Å². The van der Waals surface area contributed by atoms with Crippen LogP contribution in [0.1, 0.15) is 66.6 Å². The number of aromatic nitrogens is 2. The van der Waals surface area contributed by atoms with Gasteiger partial charge in [-0.1, -0.05) is 72.8 Å². The number of hydrogen-bond acceptors (Lipinski definition) is 6. The van der Waals surface area contributed by atoms with Crippen LogP contribution in [-0.4, -0.2) is 33.1 Å². The van der Waals surface area contributed by atoms with Crippen LogP contribution in [0.15, 0.2) is 103 Å². The highest BCUT2D eigenvalue weighted by atomic mass is 35.5. The number of halogens is 1. The second-order valence-corrected chi connectivity index (χ2v) is 14.4. The first-order valence-corrected chi connectivity index (χ1v) is 16.5. The molecule has 2 bridgehead atoms. The summed E-state index contributed by atoms with van der Waals surface area (Å²) in [4.78, 5) is 35.9. The van der Waals surface area contributed by atoms with E-state index >= 15 is 0 Å². The molecule has 0 radical (unpaired) electrons. The van der Waals surface area contributed by atoms with Crippen molar-refractivity contribution in [2.45, 2.75) is 55.5 Å². The largest absolute Gasteiger partial charge is 0.444 e. The van der Waals surface area contributed by atoms with Gasteiger partial charge in [0.25, 0.3) is 5.91 Å². The summed E-state index contributed by atoms with van der Waals surface area (Å²) in [6.45, 7) is 5.39. The van der Waals surface area contributed by atoms with Gasteiger partial charge in [0.05, 0.1) is 10.6 Å². The number of anilines is 1. The van der Waals surface area contributed by atoms with Gasteiger partial charge in [0.1, 0.15) is 11.1 Å². The SMILES string of the molecule is CC(C)(C)OC(=O)NC1(C(=O)Nc2nc(Cc3ccc(-c4ccncc4)cc3)cs2)CC2(Cl)c3ccccc3C1c1ccccc12. The normalized spacial score (nSPS) is 21.2. The van der Waals surface area contributed by atoms with Crippen LogP contribution in [0.25, 0.3) is 11.1 Å². The van der Waals surface area contributed by atoms with Gasteiger partial charge < -0.3 is 10.1 Å². The molecule has 8 rings (SSSR count). The predicted molar refractivity (Wildman–Crippen MR) is 181 cm³/mol. The summed E-state index contributed by atoms with van der Waals surface area (Å²) >= 11 is 8.91. The number of alkyl carbamates (subject to hydrolysis) is 1. The van der Waals surface area contributed by atoms with Crippen LogP contribution in [0.4, 0.5) is 9.93 Å². The maximum absolute atomic E-state index is 14.6. The molecule has 232 valence electrons. The summed E-state index contributed by atoms with van der Waals surface area (Å²) in [5, 5.41) is 8.48. The zero-order valence-electron chi connectivity index (χ0n) is 25.7. The van der Waals surface area contributed by atoms with E-state index in [4.69, 9.17) is 21.3 Å². The molecule has 7 nitrogen and oxygen atoms in total. The summed E-state index contributed by atoms with van der Waals surface area (Å²) in [7, 11) is 0. The Morgan fingerprint density at radius 2 is 1.52 bits per heavy atom. The topological polar surface area (TPSA) is 93.2 Å². The van der Waals surface area contributed by atoms with E-state index in [1.54, 1.807) is 33.2 Å². The van der Waals surface area contributed by atoms with Crippen LogP contribution in [-0.2, 0) is 20.8 Å². The standard InChI is InChI=1S/C37H33ClN4O3S/c1-35(2,3)45-34(44)42-37(22-36(38)29-10-6-4-8-27(29)31(37)28-9-5-7-11-30(28)36)32(43)41-33-40-26(21-46-33)20-23-12-14-24(15-13-23)25-16-18-39-19-17-25/h4-19,21,31H,20,22H2,1-3H3,(H,42,44)(H,40,41,43). The molecule has 0 saturated heterocycles. The lowest BCUT2D eigenvalue weighted by Gasteiger charge is -2.55. The molecule has 2 heterocycles. The van der Waals surface area contributed by atoms with E-state index in [9.17, 15) is 9.59 Å². The number of fused-ring (bicyclic) bond motifs is 1. The van der Waals surface area contributed by atoms with Crippen LogP contribution in [0.3, 0.4) is 0 Å². The smallest absolute Gasteiger partial charge is 0.408 e. The van der Waals surface area contributed by atoms with E-state index in [1.165, 1.54) is 11.3 Å². The van der Waals surface area contributed by atoms with Gasteiger partial charge in [-0.05, 0) is 71.8 Å². The Labute approximate surface area is 277 Å². The molecule has 1 atom stereocenters. The van der Waals surface area contributed by atoms with E-state index in [2.05, 4.69) is 39.9 Å². The number of benzene rings is 3. The average molecular weight is 649 g/mol. The van der Waals surface area contributed by atoms with Gasteiger partial charge >= 0.3 is 6.09 Å². The lowest BCUT2D eigenvalue weighted by atomic mass is 9.55. The molecule has 2 aromatic heterocycles. The fourth-order valence-electron chi connectivity index (χ4n) is 6.83. The van der Waals surface area contributed by atoms with Gasteiger partial charge in [0.2, 0.25) is 0 Å². The number of amides is 2. The third-order valence-corrected chi connectivity index (χ3v) is 10.0. The highest BCUT2D eigenvalue weighted by molar-refractivity contribution is 7.14. The molecule has 3 aliphatic rings. The van der Waals surface area contributed by atoms with Gasteiger partial charge in [0, 0.05) is 36.5 Å². The molecule has 5 aromatic rings. The van der Waals surface area contributed by atoms with Crippen molar-refractivity contribution in [3.8, 4) is 11.1 Å². The van der Waals surface area contributed by atoms with Gasteiger partial charge in [-0.15, -0.1) is 22.9 Å². The first-order valence-electron chi connectivity index (χ1n) is 15.2. The fourth-order valence-corrected chi connectivity index (χ4v) is 8.09. The number of alkyl halides is 1. The molecular weight excluding hydrogens is 616 g/mol. The summed E-state index contributed by atoms with van der Waals surface area (Å²) in [5.74, 6) is -0.883. The van der Waals surface area contributed by atoms with Crippen molar-refractivity contribution in [2.75, 3.05) is 5.32 Å². The van der Waals surface area contributed by atoms with Crippen molar-refractivity contribution >= 4 is 40.1 Å². The van der Waals surface area contributed by atoms with E-state index in [-0.39, 0.29) is 12.3 Å². The Morgan fingerprint density at radius 3 is 2.15 bits per heavy atom. The number of carbonyl (C=O) groups is 2. The van der Waals surface area contributed by atoms with Crippen LogP contribution >= 0.6 is 22.9 Å². The Hall–Kier alpha value is -4.53. The quantitative estimate of drug-likeness (QED) is 0.182. The maximum atomic E-state index is 14.6. The zero-order chi connectivity index (χ0) is 32.1. The number of nitrogens with one attached hydrogen (secondary N) is 2. The average Bonchev–Trinajstić information content (AvgIpc) is 3.47. The minimum Gasteiger partial charge on any atom is -0.444 e. The number of carbonyl (C=O) groups excluding carboxylic acids is 2. The lowest BCUT2D eigenvalue weighted by molar-refractivity contribution is -0.124. The first-order chi connectivity index (χ1) is 22.1. The second-order valence-electron chi connectivity index (χ2n) is 12.9. The van der Waals surface area contributed by atoms with Crippen molar-refractivity contribution in [3.63, 3.8) is 0 Å². The van der Waals surface area contributed by atoms with Crippen molar-refractivity contribution < 1.29 is 14.3 Å². The molecule has 0 spiro atoms. The van der Waals surface area contributed by atoms with Crippen molar-refractivity contribution in [1.82, 2.24) is 15.3 Å². The maximum Gasteiger partial charge on any atom is 0.408 e. The number of rotatable bonds is 6. The van der Waals surface area contributed by atoms with E-state index in [0.717, 1.165) is 44.6 Å². The van der Waals surface area contributed by atoms with E-state index in [0.29, 0.717) is 11.6 Å². The zero-order valence-corrected chi connectivity index (χ0v) is 27.3. The molecule has 0 aliphatic heterocycles. The third kappa shape index (κ3) is 5.35. The molecule has 3 aliphatic carbocycles. The molecular formula is C37H33ClN4O3S. The fraction of sp³-hybridized carbons (Fsp3) is 0.243. The van der Waals surface area contributed by atoms with Gasteiger partial charge in [0.15, 0.2) is 5.13 Å². The van der Waals surface area contributed by atoms with Gasteiger partial charge in [-0.2, -0.15) is 0 Å². The summed E-state index contributed by atoms with van der Waals surface area (Å²) in [5.41, 5.74) is 5.66. The molecule has 9 heteroatoms.